The van der Waals surface area contributed by atoms with Crippen LogP contribution in [0.25, 0.3) is 0 Å². The van der Waals surface area contributed by atoms with Crippen molar-refractivity contribution in [3.63, 3.8) is 0 Å². The van der Waals surface area contributed by atoms with Crippen molar-refractivity contribution in [1.29, 1.82) is 0 Å². The summed E-state index contributed by atoms with van der Waals surface area (Å²) in [4.78, 5) is 7.84. The summed E-state index contributed by atoms with van der Waals surface area (Å²) in [7, 11) is 0. The van der Waals surface area contributed by atoms with Crippen LogP contribution in [-0.4, -0.2) is 15.1 Å². The van der Waals surface area contributed by atoms with E-state index in [2.05, 4.69) is 21.4 Å². The first-order valence-electron chi connectivity index (χ1n) is 4.81. The molecule has 0 saturated carbocycles. The van der Waals surface area contributed by atoms with Gasteiger partial charge in [-0.2, -0.15) is 11.3 Å². The van der Waals surface area contributed by atoms with Gasteiger partial charge in [-0.15, -0.1) is 0 Å². The van der Waals surface area contributed by atoms with Crippen LogP contribution in [0, 0.1) is 0 Å². The molecule has 2 aromatic rings. The summed E-state index contributed by atoms with van der Waals surface area (Å²) in [5, 5.41) is 14.0. The Morgan fingerprint density at radius 1 is 1.40 bits per heavy atom. The molecule has 15 heavy (non-hydrogen) atoms. The molecular formula is C11H12N2OS. The highest BCUT2D eigenvalue weighted by Crippen LogP contribution is 2.17. The molecule has 0 spiro atoms. The number of thiophene rings is 1. The first-order chi connectivity index (χ1) is 7.36. The van der Waals surface area contributed by atoms with Gasteiger partial charge in [0.1, 0.15) is 6.33 Å². The minimum Gasteiger partial charge on any atom is -0.387 e. The van der Waals surface area contributed by atoms with Gasteiger partial charge >= 0.3 is 0 Å². The zero-order chi connectivity index (χ0) is 10.5. The van der Waals surface area contributed by atoms with Gasteiger partial charge in [0.05, 0.1) is 11.8 Å². The smallest absolute Gasteiger partial charge is 0.115 e. The maximum absolute atomic E-state index is 9.83. The fourth-order valence-corrected chi connectivity index (χ4v) is 2.09. The topological polar surface area (TPSA) is 46.0 Å². The minimum absolute atomic E-state index is 0.493. The number of rotatable bonds is 4. The van der Waals surface area contributed by atoms with Crippen LogP contribution < -0.4 is 0 Å². The molecule has 0 aliphatic heterocycles. The van der Waals surface area contributed by atoms with E-state index in [4.69, 9.17) is 0 Å². The zero-order valence-corrected chi connectivity index (χ0v) is 9.02. The Balaban J connectivity index is 1.90. The number of aliphatic hydroxyl groups is 1. The molecular weight excluding hydrogens is 208 g/mol. The molecule has 0 bridgehead atoms. The molecule has 0 amide bonds. The molecule has 2 aromatic heterocycles. The van der Waals surface area contributed by atoms with Crippen molar-refractivity contribution in [2.24, 2.45) is 0 Å². The van der Waals surface area contributed by atoms with Crippen LogP contribution in [0.1, 0.15) is 23.8 Å². The molecule has 0 radical (unpaired) electrons. The number of nitrogens with zero attached hydrogens (tertiary/aromatic N) is 2. The lowest BCUT2D eigenvalue weighted by molar-refractivity contribution is 0.163. The van der Waals surface area contributed by atoms with Gasteiger partial charge in [-0.25, -0.2) is 9.97 Å². The summed E-state index contributed by atoms with van der Waals surface area (Å²) in [5.41, 5.74) is 1.97. The monoisotopic (exact) mass is 220 g/mol. The lowest BCUT2D eigenvalue weighted by atomic mass is 10.1. The second-order valence-electron chi connectivity index (χ2n) is 3.32. The van der Waals surface area contributed by atoms with Crippen LogP contribution in [0.15, 0.2) is 35.4 Å². The van der Waals surface area contributed by atoms with E-state index in [1.54, 1.807) is 23.6 Å². The Hall–Kier alpha value is -1.26. The van der Waals surface area contributed by atoms with E-state index >= 15 is 0 Å². The number of aryl methyl sites for hydroxylation is 1. The lowest BCUT2D eigenvalue weighted by Crippen LogP contribution is -2.01. The predicted octanol–water partition coefficient (Wildman–Crippen LogP) is 2.20. The van der Waals surface area contributed by atoms with Crippen molar-refractivity contribution in [2.45, 2.75) is 18.9 Å². The Labute approximate surface area is 92.5 Å². The van der Waals surface area contributed by atoms with E-state index in [0.29, 0.717) is 12.1 Å². The van der Waals surface area contributed by atoms with Gasteiger partial charge < -0.3 is 5.11 Å². The zero-order valence-electron chi connectivity index (χ0n) is 8.21. The lowest BCUT2D eigenvalue weighted by Gasteiger charge is -2.08. The van der Waals surface area contributed by atoms with Crippen LogP contribution in [0.3, 0.4) is 0 Å². The van der Waals surface area contributed by atoms with Gasteiger partial charge in [0.2, 0.25) is 0 Å². The Kier molecular flexibility index (Phi) is 3.42. The third-order valence-electron chi connectivity index (χ3n) is 2.23. The molecule has 0 aliphatic carbocycles. The minimum atomic E-state index is -0.493. The Bertz CT molecular complexity index is 388. The first kappa shape index (κ1) is 10.3. The van der Waals surface area contributed by atoms with Gasteiger partial charge in [0, 0.05) is 6.20 Å². The van der Waals surface area contributed by atoms with Crippen LogP contribution in [0.5, 0.6) is 0 Å². The molecule has 0 aromatic carbocycles. The average Bonchev–Trinajstić information content (AvgIpc) is 2.80. The molecule has 78 valence electrons. The third-order valence-corrected chi connectivity index (χ3v) is 2.96. The normalized spacial score (nSPS) is 12.6. The molecule has 0 saturated heterocycles. The van der Waals surface area contributed by atoms with E-state index in [1.165, 1.54) is 11.9 Å². The highest BCUT2D eigenvalue weighted by Gasteiger charge is 2.08. The largest absolute Gasteiger partial charge is 0.387 e. The van der Waals surface area contributed by atoms with Gasteiger partial charge in [-0.3, -0.25) is 0 Å². The fraction of sp³-hybridized carbons (Fsp3) is 0.273. The summed E-state index contributed by atoms with van der Waals surface area (Å²) in [6.07, 6.45) is 4.20. The highest BCUT2D eigenvalue weighted by atomic mass is 32.1. The van der Waals surface area contributed by atoms with Crippen molar-refractivity contribution in [3.05, 3.63) is 46.7 Å². The van der Waals surface area contributed by atoms with Gasteiger partial charge in [-0.1, -0.05) is 0 Å². The van der Waals surface area contributed by atoms with Crippen molar-refractivity contribution in [1.82, 2.24) is 9.97 Å². The summed E-state index contributed by atoms with van der Waals surface area (Å²) < 4.78 is 0. The fourth-order valence-electron chi connectivity index (χ4n) is 1.38. The van der Waals surface area contributed by atoms with Crippen molar-refractivity contribution in [3.8, 4) is 0 Å². The number of hydrogen-bond acceptors (Lipinski definition) is 4. The number of hydrogen-bond donors (Lipinski definition) is 1. The molecule has 3 nitrogen and oxygen atoms in total. The average molecular weight is 220 g/mol. The second-order valence-corrected chi connectivity index (χ2v) is 4.10. The number of aliphatic hydroxyl groups excluding tert-OH is 1. The number of aromatic nitrogens is 2. The van der Waals surface area contributed by atoms with E-state index in [-0.39, 0.29) is 0 Å². The third kappa shape index (κ3) is 2.84. The first-order valence-corrected chi connectivity index (χ1v) is 5.75. The maximum atomic E-state index is 9.83. The van der Waals surface area contributed by atoms with E-state index < -0.39 is 6.10 Å². The van der Waals surface area contributed by atoms with E-state index in [9.17, 15) is 5.11 Å². The molecule has 2 rings (SSSR count). The van der Waals surface area contributed by atoms with Gasteiger partial charge in [0.15, 0.2) is 0 Å². The Morgan fingerprint density at radius 3 is 3.00 bits per heavy atom. The maximum Gasteiger partial charge on any atom is 0.115 e. The summed E-state index contributed by atoms with van der Waals surface area (Å²) in [5.74, 6) is 0. The molecule has 4 heteroatoms. The molecule has 1 unspecified atom stereocenters. The van der Waals surface area contributed by atoms with Gasteiger partial charge in [0.25, 0.3) is 0 Å². The molecule has 0 aliphatic rings. The van der Waals surface area contributed by atoms with Crippen molar-refractivity contribution < 1.29 is 5.11 Å². The van der Waals surface area contributed by atoms with E-state index in [0.717, 1.165) is 6.42 Å². The molecule has 2 heterocycles. The molecule has 1 N–H and O–H groups in total. The van der Waals surface area contributed by atoms with E-state index in [1.807, 2.05) is 5.38 Å². The summed E-state index contributed by atoms with van der Waals surface area (Å²) in [6.45, 7) is 0. The van der Waals surface area contributed by atoms with Crippen LogP contribution in [-0.2, 0) is 6.42 Å². The van der Waals surface area contributed by atoms with Crippen LogP contribution in [0.2, 0.25) is 0 Å². The van der Waals surface area contributed by atoms with Crippen molar-refractivity contribution in [2.75, 3.05) is 0 Å². The summed E-state index contributed by atoms with van der Waals surface area (Å²) >= 11 is 1.68. The molecule has 0 fully saturated rings. The quantitative estimate of drug-likeness (QED) is 0.859. The summed E-state index contributed by atoms with van der Waals surface area (Å²) in [6, 6.07) is 3.83. The molecule has 1 atom stereocenters. The second kappa shape index (κ2) is 5.00. The van der Waals surface area contributed by atoms with Crippen LogP contribution in [0.4, 0.5) is 0 Å². The van der Waals surface area contributed by atoms with Gasteiger partial charge in [-0.05, 0) is 41.3 Å². The van der Waals surface area contributed by atoms with Crippen LogP contribution >= 0.6 is 11.3 Å². The highest BCUT2D eigenvalue weighted by molar-refractivity contribution is 7.07. The predicted molar refractivity (Wildman–Crippen MR) is 59.6 cm³/mol. The standard InChI is InChI=1S/C11H12N2OS/c14-11(10-3-5-12-8-13-10)2-1-9-4-6-15-7-9/h3-8,11,14H,1-2H2. The SMILES string of the molecule is OC(CCc1ccsc1)c1ccncn1. The Morgan fingerprint density at radius 2 is 2.33 bits per heavy atom. The van der Waals surface area contributed by atoms with Crippen molar-refractivity contribution >= 4 is 11.3 Å².